The molecule has 2 aromatic carbocycles. The topological polar surface area (TPSA) is 21.7 Å². The molecule has 0 saturated carbocycles. The molecule has 0 spiro atoms. The predicted molar refractivity (Wildman–Crippen MR) is 116 cm³/mol. The number of nitrogens with zero attached hydrogens (tertiary/aromatic N) is 3. The number of pyridine rings is 1. The second kappa shape index (κ2) is 4.94. The maximum atomic E-state index is 7.64. The highest BCUT2D eigenvalue weighted by molar-refractivity contribution is 6.04. The summed E-state index contributed by atoms with van der Waals surface area (Å²) in [6, 6.07) is 12.7. The van der Waals surface area contributed by atoms with Crippen LogP contribution in [-0.4, -0.2) is 9.38 Å². The molecule has 0 aliphatic heterocycles. The molecule has 2 heterocycles. The van der Waals surface area contributed by atoms with E-state index in [2.05, 4.69) is 69.0 Å². The van der Waals surface area contributed by atoms with Crippen molar-refractivity contribution in [2.75, 3.05) is 0 Å². The van der Waals surface area contributed by atoms with E-state index in [4.69, 9.17) is 11.6 Å². The van der Waals surface area contributed by atoms with E-state index in [9.17, 15) is 0 Å². The molecule has 0 radical (unpaired) electrons. The molecule has 0 N–H and O–H groups in total. The van der Waals surface area contributed by atoms with E-state index in [0.29, 0.717) is 5.69 Å². The highest BCUT2D eigenvalue weighted by Gasteiger charge is 2.56. The van der Waals surface area contributed by atoms with Crippen LogP contribution in [0.15, 0.2) is 42.6 Å². The number of rotatable bonds is 0. The molecule has 0 amide bonds. The summed E-state index contributed by atoms with van der Waals surface area (Å²) in [5.41, 5.74) is 6.71. The SMILES string of the molecule is [C-]#[N+]c1cn2c3cc4c(cc3nc2c2ccccc12)C(C)(C)C(C)(C)C4(C)C. The van der Waals surface area contributed by atoms with Gasteiger partial charge in [-0.15, -0.1) is 0 Å². The van der Waals surface area contributed by atoms with E-state index in [0.717, 1.165) is 27.5 Å². The number of aromatic nitrogens is 2. The summed E-state index contributed by atoms with van der Waals surface area (Å²) >= 11 is 0. The number of hydrogen-bond donors (Lipinski definition) is 0. The Kier molecular flexibility index (Phi) is 3.05. The van der Waals surface area contributed by atoms with Crippen LogP contribution in [0.4, 0.5) is 5.69 Å². The maximum absolute atomic E-state index is 7.64. The number of hydrogen-bond acceptors (Lipinski definition) is 1. The van der Waals surface area contributed by atoms with Gasteiger partial charge in [-0.05, 0) is 44.9 Å². The molecule has 0 unspecified atom stereocenters. The Morgan fingerprint density at radius 3 is 2.14 bits per heavy atom. The first-order valence-corrected chi connectivity index (χ1v) is 9.87. The van der Waals surface area contributed by atoms with Crippen LogP contribution < -0.4 is 0 Å². The van der Waals surface area contributed by atoms with Crippen molar-refractivity contribution in [2.24, 2.45) is 5.41 Å². The first-order valence-electron chi connectivity index (χ1n) is 9.87. The third-order valence-corrected chi connectivity index (χ3v) is 8.12. The molecule has 0 bridgehead atoms. The quantitative estimate of drug-likeness (QED) is 0.314. The van der Waals surface area contributed by atoms with Crippen LogP contribution in [0.5, 0.6) is 0 Å². The van der Waals surface area contributed by atoms with Gasteiger partial charge in [0.1, 0.15) is 5.65 Å². The lowest BCUT2D eigenvalue weighted by Gasteiger charge is -2.44. The van der Waals surface area contributed by atoms with Gasteiger partial charge in [0.25, 0.3) is 0 Å². The Labute approximate surface area is 165 Å². The van der Waals surface area contributed by atoms with E-state index in [-0.39, 0.29) is 16.2 Å². The molecular formula is C25H25N3. The van der Waals surface area contributed by atoms with E-state index in [1.165, 1.54) is 11.1 Å². The minimum Gasteiger partial charge on any atom is -0.310 e. The Balaban J connectivity index is 1.96. The van der Waals surface area contributed by atoms with E-state index in [1.807, 2.05) is 24.4 Å². The van der Waals surface area contributed by atoms with Gasteiger partial charge in [0.2, 0.25) is 5.69 Å². The van der Waals surface area contributed by atoms with Gasteiger partial charge in [-0.25, -0.2) is 9.83 Å². The van der Waals surface area contributed by atoms with Crippen molar-refractivity contribution in [3.8, 4) is 0 Å². The molecule has 28 heavy (non-hydrogen) atoms. The van der Waals surface area contributed by atoms with Crippen molar-refractivity contribution in [1.82, 2.24) is 9.38 Å². The summed E-state index contributed by atoms with van der Waals surface area (Å²) in [5.74, 6) is 0. The fourth-order valence-corrected chi connectivity index (χ4v) is 5.13. The summed E-state index contributed by atoms with van der Waals surface area (Å²) in [4.78, 5) is 8.80. The average molecular weight is 367 g/mol. The Bertz CT molecular complexity index is 1340. The number of fused-ring (bicyclic) bond motifs is 6. The Morgan fingerprint density at radius 1 is 0.893 bits per heavy atom. The molecule has 1 aliphatic carbocycles. The smallest absolute Gasteiger partial charge is 0.211 e. The molecule has 0 atom stereocenters. The Hall–Kier alpha value is -2.86. The van der Waals surface area contributed by atoms with Crippen molar-refractivity contribution < 1.29 is 0 Å². The minimum atomic E-state index is 0.0453. The van der Waals surface area contributed by atoms with Gasteiger partial charge >= 0.3 is 0 Å². The lowest BCUT2D eigenvalue weighted by atomic mass is 9.59. The summed E-state index contributed by atoms with van der Waals surface area (Å²) in [6.07, 6.45) is 1.95. The molecule has 140 valence electrons. The largest absolute Gasteiger partial charge is 0.310 e. The summed E-state index contributed by atoms with van der Waals surface area (Å²) in [7, 11) is 0. The monoisotopic (exact) mass is 367 g/mol. The molecule has 2 aromatic heterocycles. The normalized spacial score (nSPS) is 19.2. The van der Waals surface area contributed by atoms with Crippen molar-refractivity contribution in [3.05, 3.63) is 65.1 Å². The number of benzene rings is 2. The van der Waals surface area contributed by atoms with Crippen molar-refractivity contribution in [3.63, 3.8) is 0 Å². The lowest BCUT2D eigenvalue weighted by Crippen LogP contribution is -2.42. The van der Waals surface area contributed by atoms with Crippen LogP contribution in [0.3, 0.4) is 0 Å². The standard InChI is InChI=1S/C25H25N3/c1-23(2)17-12-19-21(13-18(17)24(3,4)25(23,5)6)28-14-20(26-7)15-10-8-9-11-16(15)22(28)27-19/h8-14H,1-6H3. The fourth-order valence-electron chi connectivity index (χ4n) is 5.13. The minimum absolute atomic E-state index is 0.0453. The van der Waals surface area contributed by atoms with Gasteiger partial charge in [0.05, 0.1) is 17.6 Å². The zero-order valence-electron chi connectivity index (χ0n) is 17.4. The van der Waals surface area contributed by atoms with Crippen LogP contribution >= 0.6 is 0 Å². The average Bonchev–Trinajstić information content (AvgIpc) is 3.07. The molecule has 3 heteroatoms. The van der Waals surface area contributed by atoms with Gasteiger partial charge in [-0.2, -0.15) is 0 Å². The molecule has 0 fully saturated rings. The zero-order chi connectivity index (χ0) is 20.1. The van der Waals surface area contributed by atoms with Gasteiger partial charge in [0.15, 0.2) is 0 Å². The van der Waals surface area contributed by atoms with Gasteiger partial charge in [0, 0.05) is 11.6 Å². The summed E-state index contributed by atoms with van der Waals surface area (Å²) < 4.78 is 2.11. The third kappa shape index (κ3) is 1.77. The van der Waals surface area contributed by atoms with E-state index < -0.39 is 0 Å². The second-order valence-electron chi connectivity index (χ2n) is 9.74. The third-order valence-electron chi connectivity index (χ3n) is 8.12. The number of imidazole rings is 1. The molecule has 1 aliphatic rings. The molecule has 0 saturated heterocycles. The molecule has 4 aromatic rings. The van der Waals surface area contributed by atoms with Gasteiger partial charge < -0.3 is 4.40 Å². The maximum Gasteiger partial charge on any atom is 0.211 e. The van der Waals surface area contributed by atoms with Crippen molar-refractivity contribution in [2.45, 2.75) is 52.4 Å². The van der Waals surface area contributed by atoms with Crippen LogP contribution in [0.25, 0.3) is 32.3 Å². The zero-order valence-corrected chi connectivity index (χ0v) is 17.4. The summed E-state index contributed by atoms with van der Waals surface area (Å²) in [5, 5.41) is 2.00. The molecule has 3 nitrogen and oxygen atoms in total. The van der Waals surface area contributed by atoms with Crippen LogP contribution in [0, 0.1) is 12.0 Å². The van der Waals surface area contributed by atoms with E-state index >= 15 is 0 Å². The molecule has 5 rings (SSSR count). The lowest BCUT2D eigenvalue weighted by molar-refractivity contribution is 0.125. The van der Waals surface area contributed by atoms with Crippen molar-refractivity contribution >= 4 is 33.1 Å². The van der Waals surface area contributed by atoms with Crippen LogP contribution in [0.1, 0.15) is 52.7 Å². The van der Waals surface area contributed by atoms with Gasteiger partial charge in [-0.1, -0.05) is 65.8 Å². The highest BCUT2D eigenvalue weighted by Crippen LogP contribution is 2.61. The predicted octanol–water partition coefficient (Wildman–Crippen LogP) is 6.79. The summed E-state index contributed by atoms with van der Waals surface area (Å²) in [6.45, 7) is 21.8. The molecular weight excluding hydrogens is 342 g/mol. The first kappa shape index (κ1) is 17.3. The van der Waals surface area contributed by atoms with Crippen LogP contribution in [0.2, 0.25) is 0 Å². The van der Waals surface area contributed by atoms with E-state index in [1.54, 1.807) is 0 Å². The first-order chi connectivity index (χ1) is 13.1. The van der Waals surface area contributed by atoms with Crippen LogP contribution in [-0.2, 0) is 10.8 Å². The van der Waals surface area contributed by atoms with Gasteiger partial charge in [-0.3, -0.25) is 0 Å². The fraction of sp³-hybridized carbons (Fsp3) is 0.360. The second-order valence-corrected chi connectivity index (χ2v) is 9.74. The Morgan fingerprint density at radius 2 is 1.50 bits per heavy atom. The van der Waals surface area contributed by atoms with Crippen molar-refractivity contribution in [1.29, 1.82) is 0 Å². The highest BCUT2D eigenvalue weighted by atomic mass is 15.0.